The van der Waals surface area contributed by atoms with E-state index in [1.54, 1.807) is 13.8 Å². The van der Waals surface area contributed by atoms with Gasteiger partial charge in [0.15, 0.2) is 0 Å². The van der Waals surface area contributed by atoms with Gasteiger partial charge in [-0.15, -0.1) is 0 Å². The van der Waals surface area contributed by atoms with Crippen molar-refractivity contribution in [2.75, 3.05) is 5.73 Å². The zero-order valence-corrected chi connectivity index (χ0v) is 6.87. The number of nitro groups is 1. The third-order valence-corrected chi connectivity index (χ3v) is 1.56. The van der Waals surface area contributed by atoms with E-state index >= 15 is 0 Å². The molecule has 0 radical (unpaired) electrons. The van der Waals surface area contributed by atoms with Crippen LogP contribution in [0.2, 0.25) is 0 Å². The minimum atomic E-state index is -0.447. The second-order valence-corrected chi connectivity index (χ2v) is 2.56. The summed E-state index contributed by atoms with van der Waals surface area (Å²) in [5.74, 6) is 0.315. The molecule has 0 unspecified atom stereocenters. The van der Waals surface area contributed by atoms with Crippen molar-refractivity contribution >= 4 is 11.5 Å². The molecule has 5 heteroatoms. The molecule has 0 amide bonds. The van der Waals surface area contributed by atoms with Gasteiger partial charge in [0.1, 0.15) is 11.5 Å². The first-order chi connectivity index (χ1) is 5.52. The molecular formula is C7H9N3O2. The predicted octanol–water partition coefficient (Wildman–Crippen LogP) is 1.19. The highest BCUT2D eigenvalue weighted by Gasteiger charge is 2.15. The van der Waals surface area contributed by atoms with Crippen molar-refractivity contribution in [1.29, 1.82) is 0 Å². The van der Waals surface area contributed by atoms with E-state index in [-0.39, 0.29) is 5.69 Å². The molecular weight excluding hydrogens is 158 g/mol. The first-order valence-corrected chi connectivity index (χ1v) is 3.40. The number of nitrogen functional groups attached to an aromatic ring is 1. The van der Waals surface area contributed by atoms with E-state index in [1.165, 1.54) is 6.07 Å². The Bertz CT molecular complexity index is 312. The van der Waals surface area contributed by atoms with Crippen LogP contribution in [0.3, 0.4) is 0 Å². The van der Waals surface area contributed by atoms with Crippen LogP contribution in [0.4, 0.5) is 11.5 Å². The molecule has 0 fully saturated rings. The van der Waals surface area contributed by atoms with Crippen LogP contribution in [0, 0.1) is 24.0 Å². The Balaban J connectivity index is 3.38. The predicted molar refractivity (Wildman–Crippen MR) is 44.8 cm³/mol. The van der Waals surface area contributed by atoms with Gasteiger partial charge in [0.05, 0.1) is 4.92 Å². The molecule has 5 nitrogen and oxygen atoms in total. The normalized spacial score (nSPS) is 9.83. The summed E-state index contributed by atoms with van der Waals surface area (Å²) in [5, 5.41) is 10.5. The van der Waals surface area contributed by atoms with Crippen LogP contribution in [-0.4, -0.2) is 9.91 Å². The molecule has 0 spiro atoms. The number of nitrogens with two attached hydrogens (primary N) is 1. The number of hydrogen-bond acceptors (Lipinski definition) is 4. The van der Waals surface area contributed by atoms with Crippen LogP contribution in [0.1, 0.15) is 11.3 Å². The van der Waals surface area contributed by atoms with Gasteiger partial charge in [0, 0.05) is 5.56 Å². The SMILES string of the molecule is Cc1cc(N)nc(C)c1[N+](=O)[O-]. The van der Waals surface area contributed by atoms with Gasteiger partial charge in [-0.25, -0.2) is 4.98 Å². The molecule has 0 aromatic carbocycles. The van der Waals surface area contributed by atoms with Crippen LogP contribution < -0.4 is 5.73 Å². The van der Waals surface area contributed by atoms with E-state index in [2.05, 4.69) is 4.98 Å². The molecule has 0 bridgehead atoms. The molecule has 0 atom stereocenters. The molecule has 64 valence electrons. The summed E-state index contributed by atoms with van der Waals surface area (Å²) in [4.78, 5) is 13.8. The monoisotopic (exact) mass is 167 g/mol. The second kappa shape index (κ2) is 2.77. The standard InChI is InChI=1S/C7H9N3O2/c1-4-3-6(8)9-5(2)7(4)10(11)12/h3H,1-2H3,(H2,8,9). The summed E-state index contributed by atoms with van der Waals surface area (Å²) in [6.07, 6.45) is 0. The van der Waals surface area contributed by atoms with Crippen molar-refractivity contribution < 1.29 is 4.92 Å². The van der Waals surface area contributed by atoms with Crippen LogP contribution in [0.5, 0.6) is 0 Å². The largest absolute Gasteiger partial charge is 0.384 e. The van der Waals surface area contributed by atoms with Gasteiger partial charge in [0.25, 0.3) is 5.69 Å². The maximum absolute atomic E-state index is 10.5. The fraction of sp³-hybridized carbons (Fsp3) is 0.286. The summed E-state index contributed by atoms with van der Waals surface area (Å²) in [6.45, 7) is 3.21. The van der Waals surface area contributed by atoms with Crippen molar-refractivity contribution in [1.82, 2.24) is 4.98 Å². The summed E-state index contributed by atoms with van der Waals surface area (Å²) >= 11 is 0. The van der Waals surface area contributed by atoms with Gasteiger partial charge in [-0.05, 0) is 19.9 Å². The summed E-state index contributed by atoms with van der Waals surface area (Å²) in [7, 11) is 0. The molecule has 1 aromatic rings. The lowest BCUT2D eigenvalue weighted by Gasteiger charge is -2.00. The summed E-state index contributed by atoms with van der Waals surface area (Å²) in [6, 6.07) is 1.49. The third-order valence-electron chi connectivity index (χ3n) is 1.56. The van der Waals surface area contributed by atoms with Crippen LogP contribution >= 0.6 is 0 Å². The highest BCUT2D eigenvalue weighted by Crippen LogP contribution is 2.22. The number of anilines is 1. The zero-order valence-electron chi connectivity index (χ0n) is 6.87. The van der Waals surface area contributed by atoms with E-state index < -0.39 is 4.92 Å². The maximum atomic E-state index is 10.5. The van der Waals surface area contributed by atoms with E-state index in [1.807, 2.05) is 0 Å². The highest BCUT2D eigenvalue weighted by molar-refractivity contribution is 5.49. The van der Waals surface area contributed by atoms with Gasteiger partial charge in [0.2, 0.25) is 0 Å². The summed E-state index contributed by atoms with van der Waals surface area (Å²) < 4.78 is 0. The van der Waals surface area contributed by atoms with E-state index in [0.717, 1.165) is 0 Å². The Morgan fingerprint density at radius 3 is 2.58 bits per heavy atom. The molecule has 0 aliphatic carbocycles. The summed E-state index contributed by atoms with van der Waals surface area (Å²) in [5.41, 5.74) is 6.35. The van der Waals surface area contributed by atoms with Gasteiger partial charge in [-0.3, -0.25) is 10.1 Å². The Hall–Kier alpha value is -1.65. The number of aromatic nitrogens is 1. The molecule has 1 heterocycles. The third kappa shape index (κ3) is 1.34. The van der Waals surface area contributed by atoms with Crippen molar-refractivity contribution in [3.8, 4) is 0 Å². The zero-order chi connectivity index (χ0) is 9.30. The van der Waals surface area contributed by atoms with E-state index in [0.29, 0.717) is 17.1 Å². The average Bonchev–Trinajstić information content (AvgIpc) is 1.82. The Morgan fingerprint density at radius 2 is 2.17 bits per heavy atom. The second-order valence-electron chi connectivity index (χ2n) is 2.56. The van der Waals surface area contributed by atoms with Crippen molar-refractivity contribution in [3.63, 3.8) is 0 Å². The quantitative estimate of drug-likeness (QED) is 0.503. The number of rotatable bonds is 1. The number of nitrogens with zero attached hydrogens (tertiary/aromatic N) is 2. The first-order valence-electron chi connectivity index (χ1n) is 3.40. The smallest absolute Gasteiger partial charge is 0.293 e. The van der Waals surface area contributed by atoms with Gasteiger partial charge >= 0.3 is 0 Å². The van der Waals surface area contributed by atoms with Crippen molar-refractivity contribution in [2.24, 2.45) is 0 Å². The average molecular weight is 167 g/mol. The molecule has 0 saturated heterocycles. The molecule has 0 saturated carbocycles. The molecule has 1 rings (SSSR count). The van der Waals surface area contributed by atoms with Crippen molar-refractivity contribution in [2.45, 2.75) is 13.8 Å². The number of pyridine rings is 1. The lowest BCUT2D eigenvalue weighted by molar-refractivity contribution is -0.386. The highest BCUT2D eigenvalue weighted by atomic mass is 16.6. The maximum Gasteiger partial charge on any atom is 0.293 e. The fourth-order valence-electron chi connectivity index (χ4n) is 1.13. The first kappa shape index (κ1) is 8.45. The molecule has 1 aromatic heterocycles. The Kier molecular flexibility index (Phi) is 1.95. The number of aryl methyl sites for hydroxylation is 2. The van der Waals surface area contributed by atoms with Crippen LogP contribution in [0.15, 0.2) is 6.07 Å². The minimum Gasteiger partial charge on any atom is -0.384 e. The van der Waals surface area contributed by atoms with Gasteiger partial charge in [-0.2, -0.15) is 0 Å². The van der Waals surface area contributed by atoms with E-state index in [4.69, 9.17) is 5.73 Å². The lowest BCUT2D eigenvalue weighted by Crippen LogP contribution is -2.00. The lowest BCUT2D eigenvalue weighted by atomic mass is 10.2. The number of hydrogen-bond donors (Lipinski definition) is 1. The Morgan fingerprint density at radius 1 is 1.58 bits per heavy atom. The topological polar surface area (TPSA) is 82.0 Å². The molecule has 0 aliphatic heterocycles. The molecule has 2 N–H and O–H groups in total. The van der Waals surface area contributed by atoms with Gasteiger partial charge < -0.3 is 5.73 Å². The van der Waals surface area contributed by atoms with Crippen LogP contribution in [0.25, 0.3) is 0 Å². The Labute approximate surface area is 69.4 Å². The fourth-order valence-corrected chi connectivity index (χ4v) is 1.13. The minimum absolute atomic E-state index is 0.0456. The van der Waals surface area contributed by atoms with Gasteiger partial charge in [-0.1, -0.05) is 0 Å². The van der Waals surface area contributed by atoms with Crippen LogP contribution in [-0.2, 0) is 0 Å². The van der Waals surface area contributed by atoms with E-state index in [9.17, 15) is 10.1 Å². The molecule has 12 heavy (non-hydrogen) atoms. The van der Waals surface area contributed by atoms with Crippen molar-refractivity contribution in [3.05, 3.63) is 27.4 Å². The molecule has 0 aliphatic rings.